The zero-order valence-electron chi connectivity index (χ0n) is 9.55. The van der Waals surface area contributed by atoms with Crippen LogP contribution in [0.1, 0.15) is 13.8 Å². The van der Waals surface area contributed by atoms with Crippen LogP contribution in [0.15, 0.2) is 24.7 Å². The van der Waals surface area contributed by atoms with Crippen molar-refractivity contribution in [2.24, 2.45) is 0 Å². The molecule has 5 heteroatoms. The number of hydrogen-bond donors (Lipinski definition) is 2. The molecule has 92 valence electrons. The molecule has 0 amide bonds. The van der Waals surface area contributed by atoms with Crippen LogP contribution in [0.3, 0.4) is 0 Å². The van der Waals surface area contributed by atoms with Crippen molar-refractivity contribution in [3.63, 3.8) is 0 Å². The maximum atomic E-state index is 9.82. The van der Waals surface area contributed by atoms with Gasteiger partial charge in [-0.3, -0.25) is 0 Å². The third kappa shape index (κ3) is 2.98. The van der Waals surface area contributed by atoms with Crippen molar-refractivity contribution in [2.75, 3.05) is 6.61 Å². The molecule has 0 bridgehead atoms. The van der Waals surface area contributed by atoms with Gasteiger partial charge in [-0.2, -0.15) is 0 Å². The minimum atomic E-state index is -0.953. The number of hydrogen-bond acceptors (Lipinski definition) is 5. The van der Waals surface area contributed by atoms with E-state index < -0.39 is 24.6 Å². The maximum absolute atomic E-state index is 9.82. The highest BCUT2D eigenvalue weighted by Crippen LogP contribution is 2.27. The van der Waals surface area contributed by atoms with Gasteiger partial charge in [0.25, 0.3) is 0 Å². The molecule has 1 aliphatic heterocycles. The quantitative estimate of drug-likeness (QED) is 0.674. The van der Waals surface area contributed by atoms with Crippen LogP contribution in [0.2, 0.25) is 0 Å². The molecule has 0 saturated carbocycles. The van der Waals surface area contributed by atoms with Crippen molar-refractivity contribution >= 4 is 0 Å². The summed E-state index contributed by atoms with van der Waals surface area (Å²) in [6.45, 7) is 10.2. The van der Waals surface area contributed by atoms with Crippen molar-refractivity contribution in [3.05, 3.63) is 24.7 Å². The molecule has 1 fully saturated rings. The second kappa shape index (κ2) is 5.34. The van der Waals surface area contributed by atoms with Gasteiger partial charge in [0.15, 0.2) is 6.10 Å². The summed E-state index contributed by atoms with van der Waals surface area (Å²) in [5, 5.41) is 18.8. The van der Waals surface area contributed by atoms with Crippen LogP contribution in [0.25, 0.3) is 0 Å². The highest BCUT2D eigenvalue weighted by Gasteiger charge is 2.46. The summed E-state index contributed by atoms with van der Waals surface area (Å²) in [6.07, 6.45) is -3.15. The molecular weight excluding hydrogens is 212 g/mol. The standard InChI is InChI=1S/C11H18O5/c1-6(2)14-10-9(13)8(5-12)16-11(10)15-7(3)4/h8-13H,1,3,5H2,2,4H3/t8-,9+,10-,11+/m0/s1. The van der Waals surface area contributed by atoms with E-state index in [1.54, 1.807) is 13.8 Å². The normalized spacial score (nSPS) is 33.5. The SMILES string of the molecule is C=C(C)O[C@@H]1O[C@@H](CO)[C@@H](O)[C@@H]1OC(=C)C. The molecule has 1 saturated heterocycles. The Morgan fingerprint density at radius 2 is 1.81 bits per heavy atom. The fourth-order valence-corrected chi connectivity index (χ4v) is 1.50. The van der Waals surface area contributed by atoms with Gasteiger partial charge in [-0.1, -0.05) is 13.2 Å². The molecule has 4 atom stereocenters. The molecule has 0 aliphatic carbocycles. The lowest BCUT2D eigenvalue weighted by Crippen LogP contribution is -2.36. The minimum Gasteiger partial charge on any atom is -0.486 e. The highest BCUT2D eigenvalue weighted by atomic mass is 16.7. The van der Waals surface area contributed by atoms with Gasteiger partial charge in [-0.05, 0) is 13.8 Å². The van der Waals surface area contributed by atoms with Gasteiger partial charge in [0.2, 0.25) is 6.29 Å². The highest BCUT2D eigenvalue weighted by molar-refractivity contribution is 4.93. The van der Waals surface area contributed by atoms with Crippen molar-refractivity contribution in [2.45, 2.75) is 38.4 Å². The van der Waals surface area contributed by atoms with Crippen LogP contribution < -0.4 is 0 Å². The third-order valence-corrected chi connectivity index (χ3v) is 2.13. The first-order valence-electron chi connectivity index (χ1n) is 5.04. The molecule has 1 rings (SSSR count). The zero-order valence-corrected chi connectivity index (χ0v) is 9.55. The van der Waals surface area contributed by atoms with E-state index in [1.807, 2.05) is 0 Å². The van der Waals surface area contributed by atoms with Gasteiger partial charge in [-0.15, -0.1) is 0 Å². The number of aliphatic hydroxyl groups is 2. The maximum Gasteiger partial charge on any atom is 0.239 e. The van der Waals surface area contributed by atoms with Gasteiger partial charge >= 0.3 is 0 Å². The predicted molar refractivity (Wildman–Crippen MR) is 57.3 cm³/mol. The Balaban J connectivity index is 2.72. The van der Waals surface area contributed by atoms with Crippen molar-refractivity contribution in [3.8, 4) is 0 Å². The topological polar surface area (TPSA) is 68.2 Å². The van der Waals surface area contributed by atoms with E-state index in [2.05, 4.69) is 13.2 Å². The third-order valence-electron chi connectivity index (χ3n) is 2.13. The summed E-state index contributed by atoms with van der Waals surface area (Å²) >= 11 is 0. The molecule has 5 nitrogen and oxygen atoms in total. The molecule has 0 aromatic rings. The zero-order chi connectivity index (χ0) is 12.3. The Morgan fingerprint density at radius 3 is 2.25 bits per heavy atom. The lowest BCUT2D eigenvalue weighted by atomic mass is 10.1. The first-order chi connectivity index (χ1) is 7.45. The van der Waals surface area contributed by atoms with Crippen LogP contribution in [0.4, 0.5) is 0 Å². The molecule has 0 aromatic carbocycles. The second-order valence-electron chi connectivity index (χ2n) is 3.82. The molecule has 1 heterocycles. The average Bonchev–Trinajstić information content (AvgIpc) is 2.44. The van der Waals surface area contributed by atoms with E-state index in [-0.39, 0.29) is 6.61 Å². The molecule has 1 aliphatic rings. The van der Waals surface area contributed by atoms with E-state index in [0.717, 1.165) is 0 Å². The predicted octanol–water partition coefficient (Wildman–Crippen LogP) is 0.534. The lowest BCUT2D eigenvalue weighted by molar-refractivity contribution is -0.150. The first-order valence-corrected chi connectivity index (χ1v) is 5.04. The Kier molecular flexibility index (Phi) is 4.35. The van der Waals surface area contributed by atoms with Crippen LogP contribution in [0.5, 0.6) is 0 Å². The lowest BCUT2D eigenvalue weighted by Gasteiger charge is -2.22. The number of ether oxygens (including phenoxy) is 3. The van der Waals surface area contributed by atoms with Crippen LogP contribution in [-0.4, -0.2) is 41.4 Å². The van der Waals surface area contributed by atoms with E-state index in [1.165, 1.54) is 0 Å². The summed E-state index contributed by atoms with van der Waals surface area (Å²) in [7, 11) is 0. The Bertz CT molecular complexity index is 276. The smallest absolute Gasteiger partial charge is 0.239 e. The molecule has 0 aromatic heterocycles. The van der Waals surface area contributed by atoms with Crippen LogP contribution in [0, 0.1) is 0 Å². The fraction of sp³-hybridized carbons (Fsp3) is 0.636. The number of rotatable bonds is 5. The summed E-state index contributed by atoms with van der Waals surface area (Å²) in [6, 6.07) is 0. The van der Waals surface area contributed by atoms with Gasteiger partial charge in [0.1, 0.15) is 12.2 Å². The Hall–Kier alpha value is -1.04. The van der Waals surface area contributed by atoms with Gasteiger partial charge in [-0.25, -0.2) is 0 Å². The average molecular weight is 230 g/mol. The van der Waals surface area contributed by atoms with Crippen molar-refractivity contribution in [1.29, 1.82) is 0 Å². The van der Waals surface area contributed by atoms with E-state index in [4.69, 9.17) is 19.3 Å². The van der Waals surface area contributed by atoms with E-state index >= 15 is 0 Å². The minimum absolute atomic E-state index is 0.298. The molecule has 0 spiro atoms. The Labute approximate surface area is 94.9 Å². The summed E-state index contributed by atoms with van der Waals surface area (Å²) < 4.78 is 15.9. The van der Waals surface area contributed by atoms with Crippen molar-refractivity contribution in [1.82, 2.24) is 0 Å². The van der Waals surface area contributed by atoms with Gasteiger partial charge in [0.05, 0.1) is 18.1 Å². The summed E-state index contributed by atoms with van der Waals surface area (Å²) in [5.74, 6) is 0.896. The number of aliphatic hydroxyl groups excluding tert-OH is 2. The fourth-order valence-electron chi connectivity index (χ4n) is 1.50. The first kappa shape index (κ1) is 13.0. The monoisotopic (exact) mass is 230 g/mol. The van der Waals surface area contributed by atoms with E-state index in [9.17, 15) is 5.11 Å². The van der Waals surface area contributed by atoms with Crippen LogP contribution >= 0.6 is 0 Å². The van der Waals surface area contributed by atoms with Gasteiger partial charge < -0.3 is 24.4 Å². The second-order valence-corrected chi connectivity index (χ2v) is 3.82. The molecular formula is C11H18O5. The number of allylic oxidation sites excluding steroid dienone is 2. The molecule has 16 heavy (non-hydrogen) atoms. The Morgan fingerprint density at radius 1 is 1.25 bits per heavy atom. The van der Waals surface area contributed by atoms with E-state index in [0.29, 0.717) is 11.5 Å². The largest absolute Gasteiger partial charge is 0.486 e. The summed E-state index contributed by atoms with van der Waals surface area (Å²) in [4.78, 5) is 0. The summed E-state index contributed by atoms with van der Waals surface area (Å²) in [5.41, 5.74) is 0. The molecule has 0 unspecified atom stereocenters. The van der Waals surface area contributed by atoms with Crippen LogP contribution in [-0.2, 0) is 14.2 Å². The van der Waals surface area contributed by atoms with Crippen molar-refractivity contribution < 1.29 is 24.4 Å². The molecule has 2 N–H and O–H groups in total. The van der Waals surface area contributed by atoms with Gasteiger partial charge in [0, 0.05) is 0 Å². The molecule has 0 radical (unpaired) electrons.